The summed E-state index contributed by atoms with van der Waals surface area (Å²) in [5, 5.41) is 5.41. The first-order valence-electron chi connectivity index (χ1n) is 7.06. The first kappa shape index (κ1) is 15.3. The van der Waals surface area contributed by atoms with Gasteiger partial charge in [-0.25, -0.2) is 0 Å². The van der Waals surface area contributed by atoms with Crippen molar-refractivity contribution < 1.29 is 14.3 Å². The van der Waals surface area contributed by atoms with Gasteiger partial charge in [-0.2, -0.15) is 0 Å². The Morgan fingerprint density at radius 2 is 2.00 bits per heavy atom. The first-order chi connectivity index (χ1) is 10.2. The van der Waals surface area contributed by atoms with Crippen molar-refractivity contribution in [1.29, 1.82) is 0 Å². The number of carbonyl (C=O) groups is 1. The molecule has 112 valence electrons. The molecule has 0 aromatic heterocycles. The summed E-state index contributed by atoms with van der Waals surface area (Å²) in [6, 6.07) is 12.4. The Labute approximate surface area is 125 Å². The Balaban J connectivity index is 2.34. The zero-order valence-corrected chi connectivity index (χ0v) is 12.7. The number of hydrogen-bond donors (Lipinski definition) is 1. The van der Waals surface area contributed by atoms with Crippen LogP contribution in [-0.2, 0) is 9.53 Å². The van der Waals surface area contributed by atoms with Crippen LogP contribution < -0.4 is 10.1 Å². The highest BCUT2D eigenvalue weighted by Gasteiger charge is 2.14. The van der Waals surface area contributed by atoms with Crippen LogP contribution in [0.3, 0.4) is 0 Å². The number of rotatable bonds is 6. The van der Waals surface area contributed by atoms with Gasteiger partial charge in [-0.1, -0.05) is 36.4 Å². The highest BCUT2D eigenvalue weighted by atomic mass is 16.5. The summed E-state index contributed by atoms with van der Waals surface area (Å²) in [5.74, 6) is 0.567. The van der Waals surface area contributed by atoms with Crippen LogP contribution in [-0.4, -0.2) is 26.7 Å². The Morgan fingerprint density at radius 1 is 1.24 bits per heavy atom. The van der Waals surface area contributed by atoms with E-state index in [1.165, 1.54) is 7.11 Å². The second kappa shape index (κ2) is 7.09. The van der Waals surface area contributed by atoms with E-state index in [-0.39, 0.29) is 18.4 Å². The molecule has 21 heavy (non-hydrogen) atoms. The number of benzene rings is 2. The minimum absolute atomic E-state index is 0.169. The van der Waals surface area contributed by atoms with Crippen LogP contribution in [0.1, 0.15) is 24.9 Å². The van der Waals surface area contributed by atoms with Gasteiger partial charge in [0.05, 0.1) is 20.1 Å². The van der Waals surface area contributed by atoms with E-state index < -0.39 is 0 Å². The molecule has 0 amide bonds. The number of hydrogen-bond acceptors (Lipinski definition) is 4. The third-order valence-corrected chi connectivity index (χ3v) is 3.59. The standard InChI is InChI=1S/C17H21NO3/c1-12(18-2)14-9-8-13-6-4-5-7-15(13)17(14)21-11-10-16(19)20-3/h4-9,12,18H,10-11H2,1-3H3. The van der Waals surface area contributed by atoms with E-state index in [2.05, 4.69) is 35.2 Å². The lowest BCUT2D eigenvalue weighted by Gasteiger charge is -2.18. The maximum Gasteiger partial charge on any atom is 0.308 e. The van der Waals surface area contributed by atoms with Gasteiger partial charge >= 0.3 is 5.97 Å². The lowest BCUT2D eigenvalue weighted by molar-refractivity contribution is -0.141. The van der Waals surface area contributed by atoms with Crippen LogP contribution in [0.2, 0.25) is 0 Å². The molecule has 2 aromatic carbocycles. The Hall–Kier alpha value is -2.07. The van der Waals surface area contributed by atoms with E-state index in [4.69, 9.17) is 4.74 Å². The highest BCUT2D eigenvalue weighted by Crippen LogP contribution is 2.33. The van der Waals surface area contributed by atoms with Crippen molar-refractivity contribution in [3.8, 4) is 5.75 Å². The van der Waals surface area contributed by atoms with E-state index >= 15 is 0 Å². The summed E-state index contributed by atoms with van der Waals surface area (Å²) in [6.45, 7) is 2.39. The quantitative estimate of drug-likeness (QED) is 0.830. The first-order valence-corrected chi connectivity index (χ1v) is 7.06. The molecule has 1 atom stereocenters. The Bertz CT molecular complexity index is 624. The van der Waals surface area contributed by atoms with E-state index in [0.29, 0.717) is 6.61 Å². The van der Waals surface area contributed by atoms with Crippen LogP contribution >= 0.6 is 0 Å². The highest BCUT2D eigenvalue weighted by molar-refractivity contribution is 5.89. The lowest BCUT2D eigenvalue weighted by atomic mass is 10.0. The minimum atomic E-state index is -0.265. The SMILES string of the molecule is CNC(C)c1ccc2ccccc2c1OCCC(=O)OC. The second-order valence-electron chi connectivity index (χ2n) is 4.89. The largest absolute Gasteiger partial charge is 0.492 e. The number of ether oxygens (including phenoxy) is 2. The molecule has 0 bridgehead atoms. The molecule has 0 fully saturated rings. The fourth-order valence-electron chi connectivity index (χ4n) is 2.26. The van der Waals surface area contributed by atoms with Gasteiger partial charge < -0.3 is 14.8 Å². The average Bonchev–Trinajstić information content (AvgIpc) is 2.53. The molecule has 0 aliphatic rings. The van der Waals surface area contributed by atoms with Crippen molar-refractivity contribution in [3.63, 3.8) is 0 Å². The molecule has 1 N–H and O–H groups in total. The van der Waals surface area contributed by atoms with Crippen LogP contribution in [0.4, 0.5) is 0 Å². The van der Waals surface area contributed by atoms with Gasteiger partial charge in [-0.3, -0.25) is 4.79 Å². The zero-order chi connectivity index (χ0) is 15.2. The molecule has 2 aromatic rings. The normalized spacial score (nSPS) is 12.1. The summed E-state index contributed by atoms with van der Waals surface area (Å²) in [4.78, 5) is 11.2. The molecule has 0 aliphatic heterocycles. The molecule has 4 nitrogen and oxygen atoms in total. The van der Waals surface area contributed by atoms with Gasteiger partial charge in [0.2, 0.25) is 0 Å². The van der Waals surface area contributed by atoms with Crippen molar-refractivity contribution >= 4 is 16.7 Å². The molecule has 0 heterocycles. The summed E-state index contributed by atoms with van der Waals surface area (Å²) < 4.78 is 10.5. The number of methoxy groups -OCH3 is 1. The predicted molar refractivity (Wildman–Crippen MR) is 83.6 cm³/mol. The number of esters is 1. The van der Waals surface area contributed by atoms with Crippen LogP contribution in [0.15, 0.2) is 36.4 Å². The minimum Gasteiger partial charge on any atom is -0.492 e. The summed E-state index contributed by atoms with van der Waals surface area (Å²) in [5.41, 5.74) is 1.08. The third-order valence-electron chi connectivity index (χ3n) is 3.59. The maximum atomic E-state index is 11.2. The monoisotopic (exact) mass is 287 g/mol. The van der Waals surface area contributed by atoms with E-state index in [0.717, 1.165) is 22.1 Å². The summed E-state index contributed by atoms with van der Waals surface area (Å²) >= 11 is 0. The molecule has 4 heteroatoms. The summed E-state index contributed by atoms with van der Waals surface area (Å²) in [6.07, 6.45) is 0.243. The molecule has 0 spiro atoms. The molecule has 0 saturated heterocycles. The van der Waals surface area contributed by atoms with Gasteiger partial charge in [0.1, 0.15) is 5.75 Å². The third kappa shape index (κ3) is 3.52. The van der Waals surface area contributed by atoms with Gasteiger partial charge in [0, 0.05) is 17.0 Å². The van der Waals surface area contributed by atoms with Gasteiger partial charge in [-0.05, 0) is 19.4 Å². The van der Waals surface area contributed by atoms with Crippen molar-refractivity contribution in [2.45, 2.75) is 19.4 Å². The molecule has 0 aliphatic carbocycles. The summed E-state index contributed by atoms with van der Waals surface area (Å²) in [7, 11) is 3.30. The second-order valence-corrected chi connectivity index (χ2v) is 4.89. The smallest absolute Gasteiger partial charge is 0.308 e. The van der Waals surface area contributed by atoms with Gasteiger partial charge in [0.25, 0.3) is 0 Å². The molecular formula is C17H21NO3. The molecule has 1 unspecified atom stereocenters. The maximum absolute atomic E-state index is 11.2. The number of nitrogens with one attached hydrogen (secondary N) is 1. The van der Waals surface area contributed by atoms with Crippen molar-refractivity contribution in [1.82, 2.24) is 5.32 Å². The Morgan fingerprint density at radius 3 is 2.71 bits per heavy atom. The van der Waals surface area contributed by atoms with Gasteiger partial charge in [-0.15, -0.1) is 0 Å². The van der Waals surface area contributed by atoms with E-state index in [9.17, 15) is 4.79 Å². The Kier molecular flexibility index (Phi) is 5.17. The molecular weight excluding hydrogens is 266 g/mol. The number of fused-ring (bicyclic) bond motifs is 1. The topological polar surface area (TPSA) is 47.6 Å². The zero-order valence-electron chi connectivity index (χ0n) is 12.7. The average molecular weight is 287 g/mol. The van der Waals surface area contributed by atoms with Crippen molar-refractivity contribution in [3.05, 3.63) is 42.0 Å². The molecule has 0 radical (unpaired) electrons. The van der Waals surface area contributed by atoms with E-state index in [1.54, 1.807) is 0 Å². The lowest BCUT2D eigenvalue weighted by Crippen LogP contribution is -2.15. The van der Waals surface area contributed by atoms with Crippen LogP contribution in [0.5, 0.6) is 5.75 Å². The van der Waals surface area contributed by atoms with Crippen LogP contribution in [0, 0.1) is 0 Å². The van der Waals surface area contributed by atoms with Crippen molar-refractivity contribution in [2.75, 3.05) is 20.8 Å². The van der Waals surface area contributed by atoms with E-state index in [1.807, 2.05) is 25.2 Å². The fourth-order valence-corrected chi connectivity index (χ4v) is 2.26. The number of carbonyl (C=O) groups excluding carboxylic acids is 1. The van der Waals surface area contributed by atoms with Gasteiger partial charge in [0.15, 0.2) is 0 Å². The fraction of sp³-hybridized carbons (Fsp3) is 0.353. The molecule has 2 rings (SSSR count). The van der Waals surface area contributed by atoms with Crippen molar-refractivity contribution in [2.24, 2.45) is 0 Å². The predicted octanol–water partition coefficient (Wildman–Crippen LogP) is 3.06. The van der Waals surface area contributed by atoms with Crippen LogP contribution in [0.25, 0.3) is 10.8 Å². The molecule has 0 saturated carbocycles.